The van der Waals surface area contributed by atoms with E-state index >= 15 is 0 Å². The van der Waals surface area contributed by atoms with Crippen molar-refractivity contribution >= 4 is 0 Å². The van der Waals surface area contributed by atoms with Gasteiger partial charge in [-0.05, 0) is 7.05 Å². The van der Waals surface area contributed by atoms with Gasteiger partial charge in [0.05, 0.1) is 0 Å². The molecule has 0 amide bonds. The second-order valence-electron chi connectivity index (χ2n) is 3.09. The normalized spacial score (nSPS) is 46.4. The van der Waals surface area contributed by atoms with E-state index in [1.165, 1.54) is 0 Å². The molecule has 0 aromatic heterocycles. The zero-order chi connectivity index (χ0) is 10.0. The van der Waals surface area contributed by atoms with Crippen molar-refractivity contribution in [3.05, 3.63) is 0 Å². The van der Waals surface area contributed by atoms with Crippen LogP contribution in [0.1, 0.15) is 0 Å². The summed E-state index contributed by atoms with van der Waals surface area (Å²) in [6.45, 7) is 0.294. The fourth-order valence-corrected chi connectivity index (χ4v) is 1.30. The van der Waals surface area contributed by atoms with Gasteiger partial charge in [-0.2, -0.15) is 0 Å². The highest BCUT2D eigenvalue weighted by Crippen LogP contribution is 2.18. The molecule has 0 saturated carbocycles. The van der Waals surface area contributed by atoms with Crippen LogP contribution in [0.5, 0.6) is 0 Å². The van der Waals surface area contributed by atoms with Gasteiger partial charge in [0.2, 0.25) is 0 Å². The van der Waals surface area contributed by atoms with E-state index in [0.29, 0.717) is 6.54 Å². The molecular weight excluding hydrogens is 178 g/mol. The minimum atomic E-state index is -1.46. The maximum Gasteiger partial charge on any atom is 0.184 e. The summed E-state index contributed by atoms with van der Waals surface area (Å²) in [7, 11) is 1.65. The predicted molar refractivity (Wildman–Crippen MR) is 42.8 cm³/mol. The number of ether oxygens (including phenoxy) is 1. The monoisotopic (exact) mass is 193 g/mol. The summed E-state index contributed by atoms with van der Waals surface area (Å²) >= 11 is 0. The molecule has 6 nitrogen and oxygen atoms in total. The molecule has 0 bridgehead atoms. The molecule has 1 saturated heterocycles. The van der Waals surface area contributed by atoms with Crippen molar-refractivity contribution < 1.29 is 25.2 Å². The van der Waals surface area contributed by atoms with Crippen molar-refractivity contribution in [2.24, 2.45) is 0 Å². The van der Waals surface area contributed by atoms with Gasteiger partial charge in [-0.3, -0.25) is 0 Å². The Morgan fingerprint density at radius 1 is 1.08 bits per heavy atom. The van der Waals surface area contributed by atoms with Crippen LogP contribution in [0, 0.1) is 0 Å². The van der Waals surface area contributed by atoms with E-state index in [9.17, 15) is 10.2 Å². The Balaban J connectivity index is 2.59. The van der Waals surface area contributed by atoms with Gasteiger partial charge in [-0.1, -0.05) is 0 Å². The molecule has 1 rings (SSSR count). The summed E-state index contributed by atoms with van der Waals surface area (Å²) in [5.41, 5.74) is 0. The second-order valence-corrected chi connectivity index (χ2v) is 3.09. The summed E-state index contributed by atoms with van der Waals surface area (Å²) in [6, 6.07) is 0. The van der Waals surface area contributed by atoms with Crippen molar-refractivity contribution in [2.75, 3.05) is 13.6 Å². The molecule has 1 aliphatic heterocycles. The van der Waals surface area contributed by atoms with Crippen LogP contribution in [0.4, 0.5) is 0 Å². The van der Waals surface area contributed by atoms with Crippen LogP contribution in [0.2, 0.25) is 0 Å². The Labute approximate surface area is 75.8 Å². The third kappa shape index (κ3) is 2.16. The first-order valence-electron chi connectivity index (χ1n) is 4.10. The van der Waals surface area contributed by atoms with Crippen LogP contribution < -0.4 is 5.32 Å². The SMILES string of the molecule is CNCC1OC(O)C(O)C(O)C1O. The Morgan fingerprint density at radius 3 is 2.23 bits per heavy atom. The lowest BCUT2D eigenvalue weighted by atomic mass is 9.99. The number of aliphatic hydroxyl groups is 4. The molecule has 0 aromatic carbocycles. The number of aliphatic hydroxyl groups excluding tert-OH is 4. The van der Waals surface area contributed by atoms with Gasteiger partial charge in [0.1, 0.15) is 24.4 Å². The number of hydrogen-bond donors (Lipinski definition) is 5. The fourth-order valence-electron chi connectivity index (χ4n) is 1.30. The first-order chi connectivity index (χ1) is 6.07. The fraction of sp³-hybridized carbons (Fsp3) is 1.00. The molecule has 0 aliphatic carbocycles. The Bertz CT molecular complexity index is 167. The lowest BCUT2D eigenvalue weighted by molar-refractivity contribution is -0.280. The van der Waals surface area contributed by atoms with Crippen molar-refractivity contribution in [3.63, 3.8) is 0 Å². The molecule has 5 unspecified atom stereocenters. The minimum absolute atomic E-state index is 0.294. The molecular formula is C7H15NO5. The zero-order valence-electron chi connectivity index (χ0n) is 7.29. The van der Waals surface area contributed by atoms with Crippen molar-refractivity contribution in [1.29, 1.82) is 0 Å². The average molecular weight is 193 g/mol. The van der Waals surface area contributed by atoms with Crippen LogP contribution >= 0.6 is 0 Å². The molecule has 1 aliphatic rings. The lowest BCUT2D eigenvalue weighted by Crippen LogP contribution is -2.59. The Kier molecular flexibility index (Phi) is 3.60. The molecule has 0 radical (unpaired) electrons. The highest BCUT2D eigenvalue weighted by atomic mass is 16.6. The Hall–Kier alpha value is -0.240. The van der Waals surface area contributed by atoms with Gasteiger partial charge in [-0.25, -0.2) is 0 Å². The number of likely N-dealkylation sites (N-methyl/N-ethyl adjacent to an activating group) is 1. The standard InChI is InChI=1S/C7H15NO5/c1-8-2-3-4(9)5(10)6(11)7(12)13-3/h3-12H,2H2,1H3. The van der Waals surface area contributed by atoms with Crippen LogP contribution in [0.3, 0.4) is 0 Å². The highest BCUT2D eigenvalue weighted by Gasteiger charge is 2.42. The van der Waals surface area contributed by atoms with Crippen molar-refractivity contribution in [3.8, 4) is 0 Å². The molecule has 78 valence electrons. The maximum absolute atomic E-state index is 9.37. The van der Waals surface area contributed by atoms with Gasteiger partial charge in [-0.15, -0.1) is 0 Å². The summed E-state index contributed by atoms with van der Waals surface area (Å²) in [5, 5.41) is 39.5. The van der Waals surface area contributed by atoms with E-state index in [1.807, 2.05) is 0 Å². The molecule has 0 aromatic rings. The second kappa shape index (κ2) is 4.32. The average Bonchev–Trinajstić information content (AvgIpc) is 2.11. The van der Waals surface area contributed by atoms with E-state index in [0.717, 1.165) is 0 Å². The topological polar surface area (TPSA) is 102 Å². The van der Waals surface area contributed by atoms with Crippen molar-refractivity contribution in [2.45, 2.75) is 30.7 Å². The first-order valence-corrected chi connectivity index (χ1v) is 4.10. The Morgan fingerprint density at radius 2 is 1.69 bits per heavy atom. The van der Waals surface area contributed by atoms with E-state index < -0.39 is 30.7 Å². The maximum atomic E-state index is 9.37. The molecule has 6 heteroatoms. The quantitative estimate of drug-likeness (QED) is 0.320. The molecule has 5 atom stereocenters. The van der Waals surface area contributed by atoms with Gasteiger partial charge in [0.25, 0.3) is 0 Å². The van der Waals surface area contributed by atoms with E-state index in [4.69, 9.17) is 14.9 Å². The molecule has 0 spiro atoms. The van der Waals surface area contributed by atoms with Crippen LogP contribution in [0.15, 0.2) is 0 Å². The number of nitrogens with one attached hydrogen (secondary N) is 1. The van der Waals surface area contributed by atoms with Gasteiger partial charge in [0, 0.05) is 6.54 Å². The van der Waals surface area contributed by atoms with Gasteiger partial charge in [0.15, 0.2) is 6.29 Å². The molecule has 13 heavy (non-hydrogen) atoms. The highest BCUT2D eigenvalue weighted by molar-refractivity contribution is 4.89. The summed E-state index contributed by atoms with van der Waals surface area (Å²) < 4.78 is 4.85. The minimum Gasteiger partial charge on any atom is -0.388 e. The van der Waals surface area contributed by atoms with Crippen molar-refractivity contribution in [1.82, 2.24) is 5.32 Å². The molecule has 1 fully saturated rings. The molecule has 1 heterocycles. The lowest BCUT2D eigenvalue weighted by Gasteiger charge is -2.38. The third-order valence-electron chi connectivity index (χ3n) is 2.09. The third-order valence-corrected chi connectivity index (χ3v) is 2.09. The number of hydrogen-bond acceptors (Lipinski definition) is 6. The van der Waals surface area contributed by atoms with Crippen LogP contribution in [-0.2, 0) is 4.74 Å². The largest absolute Gasteiger partial charge is 0.388 e. The van der Waals surface area contributed by atoms with Gasteiger partial charge >= 0.3 is 0 Å². The number of rotatable bonds is 2. The van der Waals surface area contributed by atoms with E-state index in [2.05, 4.69) is 5.32 Å². The van der Waals surface area contributed by atoms with Crippen LogP contribution in [0.25, 0.3) is 0 Å². The first kappa shape index (κ1) is 10.8. The van der Waals surface area contributed by atoms with Crippen LogP contribution in [-0.4, -0.2) is 64.7 Å². The smallest absolute Gasteiger partial charge is 0.184 e. The summed E-state index contributed by atoms with van der Waals surface area (Å²) in [5.74, 6) is 0. The predicted octanol–water partition coefficient (Wildman–Crippen LogP) is -2.99. The summed E-state index contributed by atoms with van der Waals surface area (Å²) in [4.78, 5) is 0. The molecule has 5 N–H and O–H groups in total. The van der Waals surface area contributed by atoms with E-state index in [1.54, 1.807) is 7.05 Å². The van der Waals surface area contributed by atoms with E-state index in [-0.39, 0.29) is 0 Å². The van der Waals surface area contributed by atoms with Gasteiger partial charge < -0.3 is 30.5 Å². The zero-order valence-corrected chi connectivity index (χ0v) is 7.29. The summed E-state index contributed by atoms with van der Waals surface area (Å²) in [6.07, 6.45) is -6.17.